The number of alkyl halides is 2. The van der Waals surface area contributed by atoms with E-state index in [0.29, 0.717) is 12.1 Å². The zero-order chi connectivity index (χ0) is 21.1. The van der Waals surface area contributed by atoms with Gasteiger partial charge in [0, 0.05) is 25.7 Å². The van der Waals surface area contributed by atoms with E-state index in [4.69, 9.17) is 4.74 Å². The monoisotopic (exact) mass is 486 g/mol. The molecule has 1 aromatic carbocycles. The zero-order valence-electron chi connectivity index (χ0n) is 17.4. The number of hydrogen-bond donors (Lipinski definition) is 1. The molecule has 1 saturated carbocycles. The van der Waals surface area contributed by atoms with Gasteiger partial charge in [0.15, 0.2) is 5.60 Å². The summed E-state index contributed by atoms with van der Waals surface area (Å²) < 4.78 is 37.1. The van der Waals surface area contributed by atoms with Crippen molar-refractivity contribution in [1.82, 2.24) is 4.57 Å². The number of halogens is 3. The Kier molecular flexibility index (Phi) is 8.16. The fourth-order valence-corrected chi connectivity index (χ4v) is 4.12. The first kappa shape index (κ1) is 24.5. The van der Waals surface area contributed by atoms with E-state index in [1.165, 1.54) is 0 Å². The number of benzene rings is 1. The Morgan fingerprint density at radius 2 is 2.07 bits per heavy atom. The van der Waals surface area contributed by atoms with Crippen LogP contribution in [0.1, 0.15) is 44.0 Å². The van der Waals surface area contributed by atoms with Gasteiger partial charge in [-0.05, 0) is 18.4 Å². The number of ether oxygens (including phenoxy) is 1. The Bertz CT molecular complexity index is 844. The molecule has 2 atom stereocenters. The zero-order valence-corrected chi connectivity index (χ0v) is 18.9. The van der Waals surface area contributed by atoms with Crippen LogP contribution in [-0.2, 0) is 28.2 Å². The van der Waals surface area contributed by atoms with Crippen LogP contribution in [0.15, 0.2) is 42.7 Å². The standard InChI is InChI=1S/C22H29F2N2O3.BrH/c1-3-11-25-12-13-26(17(25)2)14-15-29-20(27)22(28,18-7-5-4-6-8-18)19-9-10-21(23,24)16-19;/h4-8,12-13,19,28H,3,9-11,14-16H2,1-2H3;1H/q+1;/p-1. The highest BCUT2D eigenvalue weighted by atomic mass is 79.9. The number of carbonyl (C=O) groups is 1. The Morgan fingerprint density at radius 3 is 2.67 bits per heavy atom. The van der Waals surface area contributed by atoms with Gasteiger partial charge < -0.3 is 26.8 Å². The Morgan fingerprint density at radius 1 is 1.37 bits per heavy atom. The molecule has 1 fully saturated rings. The molecule has 0 aliphatic heterocycles. The fourth-order valence-electron chi connectivity index (χ4n) is 4.12. The van der Waals surface area contributed by atoms with Crippen molar-refractivity contribution >= 4 is 5.97 Å². The maximum Gasteiger partial charge on any atom is 0.343 e. The number of imidazole rings is 1. The number of aromatic nitrogens is 2. The first-order chi connectivity index (χ1) is 13.8. The van der Waals surface area contributed by atoms with Gasteiger partial charge in [0.1, 0.15) is 25.5 Å². The lowest BCUT2D eigenvalue weighted by Gasteiger charge is -2.32. The molecule has 1 aromatic heterocycles. The molecule has 0 bridgehead atoms. The lowest BCUT2D eigenvalue weighted by molar-refractivity contribution is -0.702. The largest absolute Gasteiger partial charge is 1.00 e. The molecule has 1 aliphatic carbocycles. The van der Waals surface area contributed by atoms with E-state index >= 15 is 0 Å². The smallest absolute Gasteiger partial charge is 0.343 e. The van der Waals surface area contributed by atoms with Crippen LogP contribution in [0.25, 0.3) is 0 Å². The minimum absolute atomic E-state index is 0. The van der Waals surface area contributed by atoms with Gasteiger partial charge in [0.2, 0.25) is 5.92 Å². The predicted molar refractivity (Wildman–Crippen MR) is 103 cm³/mol. The molecular formula is C22H29BrF2N2O3. The van der Waals surface area contributed by atoms with E-state index in [1.54, 1.807) is 30.3 Å². The number of nitrogens with zero attached hydrogens (tertiary/aromatic N) is 2. The quantitative estimate of drug-likeness (QED) is 0.433. The van der Waals surface area contributed by atoms with Crippen molar-refractivity contribution in [3.8, 4) is 0 Å². The maximum atomic E-state index is 13.8. The third kappa shape index (κ3) is 5.09. The number of aryl methyl sites for hydroxylation is 1. The summed E-state index contributed by atoms with van der Waals surface area (Å²) in [6, 6.07) is 8.27. The molecule has 8 heteroatoms. The number of aliphatic hydroxyl groups is 1. The van der Waals surface area contributed by atoms with Crippen molar-refractivity contribution in [3.63, 3.8) is 0 Å². The first-order valence-electron chi connectivity index (χ1n) is 10.2. The van der Waals surface area contributed by atoms with Gasteiger partial charge in [0.05, 0.1) is 6.54 Å². The normalized spacial score (nSPS) is 19.7. The number of esters is 1. The molecule has 1 heterocycles. The third-order valence-electron chi connectivity index (χ3n) is 5.81. The molecule has 1 N–H and O–H groups in total. The maximum absolute atomic E-state index is 13.8. The van der Waals surface area contributed by atoms with Gasteiger partial charge in [-0.3, -0.25) is 0 Å². The van der Waals surface area contributed by atoms with Crippen molar-refractivity contribution < 1.29 is 45.0 Å². The number of hydrogen-bond acceptors (Lipinski definition) is 3. The lowest BCUT2D eigenvalue weighted by atomic mass is 9.80. The van der Waals surface area contributed by atoms with Crippen LogP contribution in [0.4, 0.5) is 8.78 Å². The highest BCUT2D eigenvalue weighted by Gasteiger charge is 2.54. The summed E-state index contributed by atoms with van der Waals surface area (Å²) in [4.78, 5) is 12.9. The van der Waals surface area contributed by atoms with Crippen LogP contribution in [0.2, 0.25) is 0 Å². The van der Waals surface area contributed by atoms with E-state index < -0.39 is 29.8 Å². The van der Waals surface area contributed by atoms with E-state index in [0.717, 1.165) is 18.8 Å². The Hall–Kier alpha value is -1.80. The van der Waals surface area contributed by atoms with Crippen molar-refractivity contribution in [1.29, 1.82) is 0 Å². The van der Waals surface area contributed by atoms with Gasteiger partial charge in [-0.15, -0.1) is 0 Å². The van der Waals surface area contributed by atoms with Crippen LogP contribution < -0.4 is 21.5 Å². The highest BCUT2D eigenvalue weighted by Crippen LogP contribution is 2.47. The van der Waals surface area contributed by atoms with E-state index in [9.17, 15) is 18.7 Å². The summed E-state index contributed by atoms with van der Waals surface area (Å²) in [6.45, 7) is 5.47. The van der Waals surface area contributed by atoms with Gasteiger partial charge in [-0.25, -0.2) is 22.7 Å². The van der Waals surface area contributed by atoms with Gasteiger partial charge in [0.25, 0.3) is 5.82 Å². The van der Waals surface area contributed by atoms with Gasteiger partial charge in [-0.1, -0.05) is 37.3 Å². The summed E-state index contributed by atoms with van der Waals surface area (Å²) in [5.74, 6) is -3.58. The fraction of sp³-hybridized carbons (Fsp3) is 0.545. The molecule has 5 nitrogen and oxygen atoms in total. The summed E-state index contributed by atoms with van der Waals surface area (Å²) in [5.41, 5.74) is -1.78. The average molecular weight is 487 g/mol. The molecule has 30 heavy (non-hydrogen) atoms. The highest BCUT2D eigenvalue weighted by molar-refractivity contribution is 5.81. The van der Waals surface area contributed by atoms with Crippen LogP contribution in [0.5, 0.6) is 0 Å². The Labute approximate surface area is 186 Å². The summed E-state index contributed by atoms with van der Waals surface area (Å²) in [7, 11) is 0. The average Bonchev–Trinajstić information content (AvgIpc) is 3.25. The van der Waals surface area contributed by atoms with Crippen molar-refractivity contribution in [2.45, 2.75) is 64.1 Å². The molecular weight excluding hydrogens is 458 g/mol. The van der Waals surface area contributed by atoms with Crippen molar-refractivity contribution in [3.05, 3.63) is 54.1 Å². The first-order valence-corrected chi connectivity index (χ1v) is 10.2. The molecule has 2 unspecified atom stereocenters. The summed E-state index contributed by atoms with van der Waals surface area (Å²) in [5, 5.41) is 11.3. The molecule has 1 aliphatic rings. The molecule has 0 amide bonds. The van der Waals surface area contributed by atoms with Gasteiger partial charge in [-0.2, -0.15) is 0 Å². The molecule has 2 aromatic rings. The number of carbonyl (C=O) groups excluding carboxylic acids is 1. The van der Waals surface area contributed by atoms with Crippen molar-refractivity contribution in [2.24, 2.45) is 5.92 Å². The van der Waals surface area contributed by atoms with Crippen LogP contribution >= 0.6 is 0 Å². The van der Waals surface area contributed by atoms with Gasteiger partial charge >= 0.3 is 5.97 Å². The number of rotatable bonds is 8. The molecule has 166 valence electrons. The minimum atomic E-state index is -2.87. The lowest BCUT2D eigenvalue weighted by Crippen LogP contribution is -3.00. The third-order valence-corrected chi connectivity index (χ3v) is 5.81. The Balaban J connectivity index is 0.00000320. The van der Waals surface area contributed by atoms with Crippen molar-refractivity contribution in [2.75, 3.05) is 6.61 Å². The second-order valence-corrected chi connectivity index (χ2v) is 7.80. The van der Waals surface area contributed by atoms with E-state index in [2.05, 4.69) is 11.5 Å². The van der Waals surface area contributed by atoms with Crippen LogP contribution in [0, 0.1) is 12.8 Å². The van der Waals surface area contributed by atoms with E-state index in [-0.39, 0.29) is 36.4 Å². The second kappa shape index (κ2) is 10.0. The topological polar surface area (TPSA) is 55.3 Å². The molecule has 3 rings (SSSR count). The van der Waals surface area contributed by atoms with Crippen LogP contribution in [-0.4, -0.2) is 28.2 Å². The summed E-state index contributed by atoms with van der Waals surface area (Å²) in [6.07, 6.45) is 4.12. The minimum Gasteiger partial charge on any atom is -1.00 e. The SMILES string of the molecule is CCC[n+]1ccn(CCOC(=O)C(O)(c2ccccc2)C2CCC(F)(F)C2)c1C.[Br-]. The second-order valence-electron chi connectivity index (χ2n) is 7.80. The molecule has 0 spiro atoms. The van der Waals surface area contributed by atoms with E-state index in [1.807, 2.05) is 23.9 Å². The molecule has 0 radical (unpaired) electrons. The summed E-state index contributed by atoms with van der Waals surface area (Å²) >= 11 is 0. The molecule has 0 saturated heterocycles. The van der Waals surface area contributed by atoms with Crippen LogP contribution in [0.3, 0.4) is 0 Å². The predicted octanol–water partition coefficient (Wildman–Crippen LogP) is 0.364.